The molecule has 0 spiro atoms. The van der Waals surface area contributed by atoms with Crippen LogP contribution in [0.4, 0.5) is 5.69 Å². The summed E-state index contributed by atoms with van der Waals surface area (Å²) in [5.41, 5.74) is 3.77. The number of carbonyl (C=O) groups is 1. The molecule has 2 aromatic carbocycles. The van der Waals surface area contributed by atoms with Crippen LogP contribution in [0, 0.1) is 11.3 Å². The van der Waals surface area contributed by atoms with E-state index in [2.05, 4.69) is 40.6 Å². The average molecular weight is 319 g/mol. The van der Waals surface area contributed by atoms with Gasteiger partial charge in [-0.2, -0.15) is 5.26 Å². The van der Waals surface area contributed by atoms with E-state index in [-0.39, 0.29) is 11.9 Å². The van der Waals surface area contributed by atoms with Crippen LogP contribution in [0.25, 0.3) is 0 Å². The van der Waals surface area contributed by atoms with Crippen LogP contribution in [0.3, 0.4) is 0 Å². The van der Waals surface area contributed by atoms with Crippen LogP contribution >= 0.6 is 0 Å². The Morgan fingerprint density at radius 1 is 1.25 bits per heavy atom. The maximum Gasteiger partial charge on any atom is 0.238 e. The van der Waals surface area contributed by atoms with Crippen molar-refractivity contribution < 1.29 is 4.79 Å². The number of nitrogens with zero attached hydrogens (tertiary/aromatic N) is 2. The Morgan fingerprint density at radius 2 is 2.00 bits per heavy atom. The number of para-hydroxylation sites is 1. The van der Waals surface area contributed by atoms with Gasteiger partial charge < -0.3 is 5.32 Å². The molecule has 0 saturated heterocycles. The molecule has 0 aliphatic heterocycles. The third-order valence-electron chi connectivity index (χ3n) is 4.58. The van der Waals surface area contributed by atoms with Gasteiger partial charge in [-0.05, 0) is 49.6 Å². The third kappa shape index (κ3) is 3.47. The molecule has 1 aliphatic rings. The highest BCUT2D eigenvalue weighted by Crippen LogP contribution is 2.33. The number of fused-ring (bicyclic) bond motifs is 1. The number of nitrogens with one attached hydrogen (secondary N) is 1. The number of carbonyl (C=O) groups excluding carboxylic acids is 1. The smallest absolute Gasteiger partial charge is 0.238 e. The number of benzene rings is 2. The Labute approximate surface area is 142 Å². The SMILES string of the molecule is CN(CC(=O)Nc1ccccc1C#N)[C@H]1CCCc2ccccc21. The first-order chi connectivity index (χ1) is 11.7. The van der Waals surface area contributed by atoms with Crippen LogP contribution in [0.5, 0.6) is 0 Å². The van der Waals surface area contributed by atoms with Crippen molar-refractivity contribution >= 4 is 11.6 Å². The lowest BCUT2D eigenvalue weighted by atomic mass is 9.87. The molecule has 2 aromatic rings. The molecule has 1 N–H and O–H groups in total. The predicted molar refractivity (Wildman–Crippen MR) is 94.5 cm³/mol. The number of nitriles is 1. The van der Waals surface area contributed by atoms with Gasteiger partial charge >= 0.3 is 0 Å². The number of amides is 1. The standard InChI is InChI=1S/C20H21N3O/c1-23(19-12-6-9-15-7-2-4-10-17(15)19)14-20(24)22-18-11-5-3-8-16(18)13-21/h2-5,7-8,10-11,19H,6,9,12,14H2,1H3,(H,22,24)/t19-/m0/s1. The van der Waals surface area contributed by atoms with Gasteiger partial charge in [-0.25, -0.2) is 0 Å². The lowest BCUT2D eigenvalue weighted by Crippen LogP contribution is -2.35. The molecule has 1 aliphatic carbocycles. The molecule has 4 heteroatoms. The fraction of sp³-hybridized carbons (Fsp3) is 0.300. The van der Waals surface area contributed by atoms with E-state index in [0.29, 0.717) is 17.8 Å². The maximum absolute atomic E-state index is 12.4. The normalized spacial score (nSPS) is 16.3. The second-order valence-corrected chi connectivity index (χ2v) is 6.23. The molecule has 0 aromatic heterocycles. The molecule has 122 valence electrons. The minimum atomic E-state index is -0.0942. The summed E-state index contributed by atoms with van der Waals surface area (Å²) in [4.78, 5) is 14.5. The van der Waals surface area contributed by atoms with E-state index >= 15 is 0 Å². The molecular formula is C20H21N3O. The van der Waals surface area contributed by atoms with E-state index in [4.69, 9.17) is 5.26 Å². The van der Waals surface area contributed by atoms with Crippen molar-refractivity contribution in [3.63, 3.8) is 0 Å². The molecule has 24 heavy (non-hydrogen) atoms. The highest BCUT2D eigenvalue weighted by atomic mass is 16.2. The lowest BCUT2D eigenvalue weighted by Gasteiger charge is -2.32. The summed E-state index contributed by atoms with van der Waals surface area (Å²) < 4.78 is 0. The van der Waals surface area contributed by atoms with Gasteiger partial charge in [0.15, 0.2) is 0 Å². The summed E-state index contributed by atoms with van der Waals surface area (Å²) in [6.07, 6.45) is 3.32. The molecular weight excluding hydrogens is 298 g/mol. The predicted octanol–water partition coefficient (Wildman–Crippen LogP) is 3.51. The molecule has 0 saturated carbocycles. The summed E-state index contributed by atoms with van der Waals surface area (Å²) in [6.45, 7) is 0.304. The molecule has 4 nitrogen and oxygen atoms in total. The Kier molecular flexibility index (Phi) is 4.93. The molecule has 0 bridgehead atoms. The summed E-state index contributed by atoms with van der Waals surface area (Å²) in [5.74, 6) is -0.0942. The second-order valence-electron chi connectivity index (χ2n) is 6.23. The van der Waals surface area contributed by atoms with Gasteiger partial charge in [-0.3, -0.25) is 9.69 Å². The number of rotatable bonds is 4. The van der Waals surface area contributed by atoms with Gasteiger partial charge in [0.1, 0.15) is 6.07 Å². The second kappa shape index (κ2) is 7.29. The Bertz CT molecular complexity index is 778. The number of hydrogen-bond donors (Lipinski definition) is 1. The molecule has 3 rings (SSSR count). The molecule has 0 radical (unpaired) electrons. The molecule has 0 fully saturated rings. The van der Waals surface area contributed by atoms with Gasteiger partial charge in [0.05, 0.1) is 17.8 Å². The van der Waals surface area contributed by atoms with Gasteiger partial charge in [0.25, 0.3) is 0 Å². The number of aryl methyl sites for hydroxylation is 1. The first-order valence-corrected chi connectivity index (χ1v) is 8.26. The molecule has 1 amide bonds. The van der Waals surface area contributed by atoms with Crippen LogP contribution < -0.4 is 5.32 Å². The average Bonchev–Trinajstić information content (AvgIpc) is 2.61. The highest BCUT2D eigenvalue weighted by Gasteiger charge is 2.24. The van der Waals surface area contributed by atoms with Crippen LogP contribution in [-0.4, -0.2) is 24.4 Å². The summed E-state index contributed by atoms with van der Waals surface area (Å²) in [6, 6.07) is 17.9. The third-order valence-corrected chi connectivity index (χ3v) is 4.58. The number of anilines is 1. The molecule has 0 unspecified atom stereocenters. The minimum absolute atomic E-state index is 0.0942. The monoisotopic (exact) mass is 319 g/mol. The Balaban J connectivity index is 1.68. The van der Waals surface area contributed by atoms with E-state index in [1.165, 1.54) is 11.1 Å². The zero-order chi connectivity index (χ0) is 16.9. The van der Waals surface area contributed by atoms with Crippen molar-refractivity contribution in [1.29, 1.82) is 5.26 Å². The zero-order valence-electron chi connectivity index (χ0n) is 13.8. The van der Waals surface area contributed by atoms with Crippen molar-refractivity contribution in [2.45, 2.75) is 25.3 Å². The van der Waals surface area contributed by atoms with E-state index in [0.717, 1.165) is 19.3 Å². The van der Waals surface area contributed by atoms with Crippen molar-refractivity contribution in [3.05, 3.63) is 65.2 Å². The Hall–Kier alpha value is -2.64. The maximum atomic E-state index is 12.4. The van der Waals surface area contributed by atoms with Gasteiger partial charge in [0, 0.05) is 6.04 Å². The zero-order valence-corrected chi connectivity index (χ0v) is 13.8. The fourth-order valence-corrected chi connectivity index (χ4v) is 3.40. The van der Waals surface area contributed by atoms with E-state index in [1.54, 1.807) is 18.2 Å². The van der Waals surface area contributed by atoms with Crippen LogP contribution in [0.15, 0.2) is 48.5 Å². The van der Waals surface area contributed by atoms with Crippen molar-refractivity contribution in [2.75, 3.05) is 18.9 Å². The van der Waals surface area contributed by atoms with Gasteiger partial charge in [-0.1, -0.05) is 36.4 Å². The summed E-state index contributed by atoms with van der Waals surface area (Å²) >= 11 is 0. The largest absolute Gasteiger partial charge is 0.324 e. The Morgan fingerprint density at radius 3 is 2.83 bits per heavy atom. The van der Waals surface area contributed by atoms with Gasteiger partial charge in [0.2, 0.25) is 5.91 Å². The first-order valence-electron chi connectivity index (χ1n) is 8.26. The summed E-state index contributed by atoms with van der Waals surface area (Å²) in [7, 11) is 1.99. The van der Waals surface area contributed by atoms with Crippen molar-refractivity contribution in [1.82, 2.24) is 4.90 Å². The number of likely N-dealkylation sites (N-methyl/N-ethyl adjacent to an activating group) is 1. The van der Waals surface area contributed by atoms with Crippen LogP contribution in [0.2, 0.25) is 0 Å². The van der Waals surface area contributed by atoms with E-state index in [1.807, 2.05) is 13.1 Å². The van der Waals surface area contributed by atoms with Crippen molar-refractivity contribution in [3.8, 4) is 6.07 Å². The topological polar surface area (TPSA) is 56.1 Å². The lowest BCUT2D eigenvalue weighted by molar-refractivity contribution is -0.117. The van der Waals surface area contributed by atoms with E-state index in [9.17, 15) is 4.79 Å². The minimum Gasteiger partial charge on any atom is -0.324 e. The van der Waals surface area contributed by atoms with E-state index < -0.39 is 0 Å². The first kappa shape index (κ1) is 16.2. The quantitative estimate of drug-likeness (QED) is 0.938. The molecule has 0 heterocycles. The van der Waals surface area contributed by atoms with Crippen LogP contribution in [-0.2, 0) is 11.2 Å². The molecule has 1 atom stereocenters. The van der Waals surface area contributed by atoms with Crippen LogP contribution in [0.1, 0.15) is 35.6 Å². The fourth-order valence-electron chi connectivity index (χ4n) is 3.40. The van der Waals surface area contributed by atoms with Gasteiger partial charge in [-0.15, -0.1) is 0 Å². The van der Waals surface area contributed by atoms with Crippen molar-refractivity contribution in [2.24, 2.45) is 0 Å². The summed E-state index contributed by atoms with van der Waals surface area (Å²) in [5, 5.41) is 12.0. The highest BCUT2D eigenvalue weighted by molar-refractivity contribution is 5.93. The number of hydrogen-bond acceptors (Lipinski definition) is 3.